The average molecular weight is 186 g/mol. The predicted molar refractivity (Wildman–Crippen MR) is 54.5 cm³/mol. The third kappa shape index (κ3) is 4.07. The minimum absolute atomic E-state index is 0.278. The summed E-state index contributed by atoms with van der Waals surface area (Å²) in [6.45, 7) is 2.41. The van der Waals surface area contributed by atoms with Crippen LogP contribution >= 0.6 is 0 Å². The van der Waals surface area contributed by atoms with Crippen molar-refractivity contribution in [3.8, 4) is 0 Å². The molecular weight excluding hydrogens is 164 g/mol. The molecule has 1 rings (SSSR count). The highest BCUT2D eigenvalue weighted by molar-refractivity contribution is 4.80. The summed E-state index contributed by atoms with van der Waals surface area (Å²) in [7, 11) is 0. The lowest BCUT2D eigenvalue weighted by molar-refractivity contribution is 0.250. The second kappa shape index (κ2) is 5.58. The topological polar surface area (TPSA) is 58.3 Å². The van der Waals surface area contributed by atoms with Crippen molar-refractivity contribution >= 4 is 0 Å². The van der Waals surface area contributed by atoms with Crippen LogP contribution < -0.4 is 11.1 Å². The van der Waals surface area contributed by atoms with Crippen molar-refractivity contribution in [2.24, 2.45) is 5.73 Å². The van der Waals surface area contributed by atoms with Crippen LogP contribution in [0.15, 0.2) is 0 Å². The standard InChI is InChI=1S/C10H22N2O/c1-8(6-7-13)12-10-4-2-9(11)3-5-10/h8-10,12-13H,2-7,11H2,1H3. The van der Waals surface area contributed by atoms with Gasteiger partial charge in [0.1, 0.15) is 0 Å². The van der Waals surface area contributed by atoms with E-state index in [2.05, 4.69) is 12.2 Å². The van der Waals surface area contributed by atoms with Gasteiger partial charge in [-0.1, -0.05) is 0 Å². The highest BCUT2D eigenvalue weighted by atomic mass is 16.3. The van der Waals surface area contributed by atoms with Gasteiger partial charge in [0.05, 0.1) is 0 Å². The molecule has 0 aliphatic heterocycles. The first-order chi connectivity index (χ1) is 6.22. The molecule has 4 N–H and O–H groups in total. The number of nitrogens with one attached hydrogen (secondary N) is 1. The lowest BCUT2D eigenvalue weighted by Gasteiger charge is -2.29. The lowest BCUT2D eigenvalue weighted by atomic mass is 9.91. The Labute approximate surface area is 80.7 Å². The number of nitrogens with two attached hydrogens (primary N) is 1. The van der Waals surface area contributed by atoms with E-state index < -0.39 is 0 Å². The molecule has 13 heavy (non-hydrogen) atoms. The van der Waals surface area contributed by atoms with E-state index in [9.17, 15) is 0 Å². The zero-order chi connectivity index (χ0) is 9.68. The summed E-state index contributed by atoms with van der Waals surface area (Å²) >= 11 is 0. The fraction of sp³-hybridized carbons (Fsp3) is 1.00. The molecule has 3 nitrogen and oxygen atoms in total. The Balaban J connectivity index is 2.14. The summed E-state index contributed by atoms with van der Waals surface area (Å²) < 4.78 is 0. The molecule has 0 radical (unpaired) electrons. The summed E-state index contributed by atoms with van der Waals surface area (Å²) in [5.74, 6) is 0. The Morgan fingerprint density at radius 2 is 2.00 bits per heavy atom. The van der Waals surface area contributed by atoms with Crippen LogP contribution in [-0.2, 0) is 0 Å². The van der Waals surface area contributed by atoms with Gasteiger partial charge in [0.2, 0.25) is 0 Å². The van der Waals surface area contributed by atoms with Crippen LogP contribution in [0.3, 0.4) is 0 Å². The molecular formula is C10H22N2O. The Morgan fingerprint density at radius 1 is 1.38 bits per heavy atom. The zero-order valence-corrected chi connectivity index (χ0v) is 8.50. The average Bonchev–Trinajstić information content (AvgIpc) is 2.09. The smallest absolute Gasteiger partial charge is 0.0445 e. The molecule has 0 aromatic heterocycles. The highest BCUT2D eigenvalue weighted by Gasteiger charge is 2.19. The Morgan fingerprint density at radius 3 is 2.54 bits per heavy atom. The number of rotatable bonds is 4. The van der Waals surface area contributed by atoms with E-state index in [1.807, 2.05) is 0 Å². The maximum Gasteiger partial charge on any atom is 0.0445 e. The Bertz CT molecular complexity index is 133. The van der Waals surface area contributed by atoms with Gasteiger partial charge in [-0.25, -0.2) is 0 Å². The minimum atomic E-state index is 0.278. The number of aliphatic hydroxyl groups excluding tert-OH is 1. The molecule has 1 aliphatic carbocycles. The van der Waals surface area contributed by atoms with Crippen molar-refractivity contribution < 1.29 is 5.11 Å². The van der Waals surface area contributed by atoms with Gasteiger partial charge in [-0.05, 0) is 39.0 Å². The summed E-state index contributed by atoms with van der Waals surface area (Å²) in [4.78, 5) is 0. The van der Waals surface area contributed by atoms with E-state index in [0.717, 1.165) is 19.3 Å². The first-order valence-corrected chi connectivity index (χ1v) is 5.35. The molecule has 0 aromatic rings. The minimum Gasteiger partial charge on any atom is -0.396 e. The molecule has 0 spiro atoms. The maximum atomic E-state index is 8.75. The number of hydrogen-bond donors (Lipinski definition) is 3. The molecule has 0 amide bonds. The van der Waals surface area contributed by atoms with Crippen LogP contribution in [0.2, 0.25) is 0 Å². The second-order valence-corrected chi connectivity index (χ2v) is 4.19. The molecule has 1 fully saturated rings. The third-order valence-electron chi connectivity index (χ3n) is 2.85. The molecule has 0 aromatic carbocycles. The van der Waals surface area contributed by atoms with Crippen molar-refractivity contribution in [1.82, 2.24) is 5.32 Å². The van der Waals surface area contributed by atoms with E-state index in [-0.39, 0.29) is 6.61 Å². The summed E-state index contributed by atoms with van der Waals surface area (Å²) in [5.41, 5.74) is 5.82. The fourth-order valence-electron chi connectivity index (χ4n) is 1.97. The van der Waals surface area contributed by atoms with E-state index in [1.165, 1.54) is 12.8 Å². The second-order valence-electron chi connectivity index (χ2n) is 4.19. The van der Waals surface area contributed by atoms with E-state index in [4.69, 9.17) is 10.8 Å². The van der Waals surface area contributed by atoms with Crippen molar-refractivity contribution in [2.75, 3.05) is 6.61 Å². The molecule has 1 atom stereocenters. The van der Waals surface area contributed by atoms with Gasteiger partial charge in [0.15, 0.2) is 0 Å². The Kier molecular flexibility index (Phi) is 4.70. The van der Waals surface area contributed by atoms with Crippen molar-refractivity contribution in [3.63, 3.8) is 0 Å². The van der Waals surface area contributed by atoms with E-state index >= 15 is 0 Å². The third-order valence-corrected chi connectivity index (χ3v) is 2.85. The summed E-state index contributed by atoms with van der Waals surface area (Å²) in [5, 5.41) is 12.3. The van der Waals surface area contributed by atoms with Crippen molar-refractivity contribution in [2.45, 2.75) is 57.2 Å². The van der Waals surface area contributed by atoms with Crippen LogP contribution in [0.1, 0.15) is 39.0 Å². The van der Waals surface area contributed by atoms with Gasteiger partial charge in [0.25, 0.3) is 0 Å². The van der Waals surface area contributed by atoms with E-state index in [0.29, 0.717) is 18.1 Å². The normalized spacial score (nSPS) is 31.6. The summed E-state index contributed by atoms with van der Waals surface area (Å²) in [6, 6.07) is 1.48. The highest BCUT2D eigenvalue weighted by Crippen LogP contribution is 2.17. The number of hydrogen-bond acceptors (Lipinski definition) is 3. The van der Waals surface area contributed by atoms with Crippen LogP contribution in [0.4, 0.5) is 0 Å². The monoisotopic (exact) mass is 186 g/mol. The maximum absolute atomic E-state index is 8.75. The van der Waals surface area contributed by atoms with Gasteiger partial charge in [-0.15, -0.1) is 0 Å². The number of aliphatic hydroxyl groups is 1. The largest absolute Gasteiger partial charge is 0.396 e. The van der Waals surface area contributed by atoms with Gasteiger partial charge >= 0.3 is 0 Å². The van der Waals surface area contributed by atoms with Crippen LogP contribution in [-0.4, -0.2) is 29.8 Å². The molecule has 1 saturated carbocycles. The quantitative estimate of drug-likeness (QED) is 0.603. The van der Waals surface area contributed by atoms with Gasteiger partial charge in [-0.3, -0.25) is 0 Å². The molecule has 0 heterocycles. The first kappa shape index (κ1) is 11.0. The molecule has 1 aliphatic rings. The van der Waals surface area contributed by atoms with Crippen LogP contribution in [0.25, 0.3) is 0 Å². The van der Waals surface area contributed by atoms with Gasteiger partial charge in [0, 0.05) is 24.7 Å². The van der Waals surface area contributed by atoms with Crippen molar-refractivity contribution in [3.05, 3.63) is 0 Å². The molecule has 1 unspecified atom stereocenters. The van der Waals surface area contributed by atoms with Gasteiger partial charge in [-0.2, -0.15) is 0 Å². The molecule has 3 heteroatoms. The Hall–Kier alpha value is -0.120. The SMILES string of the molecule is CC(CCO)NC1CCC(N)CC1. The molecule has 78 valence electrons. The van der Waals surface area contributed by atoms with Crippen LogP contribution in [0, 0.1) is 0 Å². The molecule has 0 bridgehead atoms. The van der Waals surface area contributed by atoms with Crippen LogP contribution in [0.5, 0.6) is 0 Å². The molecule has 0 saturated heterocycles. The first-order valence-electron chi connectivity index (χ1n) is 5.35. The fourth-order valence-corrected chi connectivity index (χ4v) is 1.97. The van der Waals surface area contributed by atoms with Gasteiger partial charge < -0.3 is 16.2 Å². The van der Waals surface area contributed by atoms with E-state index in [1.54, 1.807) is 0 Å². The summed E-state index contributed by atoms with van der Waals surface area (Å²) in [6.07, 6.45) is 5.52. The zero-order valence-electron chi connectivity index (χ0n) is 8.50. The lowest BCUT2D eigenvalue weighted by Crippen LogP contribution is -2.41. The van der Waals surface area contributed by atoms with Crippen molar-refractivity contribution in [1.29, 1.82) is 0 Å². The predicted octanol–water partition coefficient (Wildman–Crippen LogP) is 0.617.